The van der Waals surface area contributed by atoms with Crippen LogP contribution in [0.2, 0.25) is 5.02 Å². The summed E-state index contributed by atoms with van der Waals surface area (Å²) in [7, 11) is 1.93. The molecule has 0 radical (unpaired) electrons. The topological polar surface area (TPSA) is 46.9 Å². The van der Waals surface area contributed by atoms with Gasteiger partial charge < -0.3 is 5.32 Å². The third-order valence-corrected chi connectivity index (χ3v) is 4.03. The van der Waals surface area contributed by atoms with E-state index in [4.69, 9.17) is 11.6 Å². The molecule has 1 aromatic heterocycles. The molecular weight excluding hydrogens is 286 g/mol. The average molecular weight is 306 g/mol. The van der Waals surface area contributed by atoms with Gasteiger partial charge in [0.1, 0.15) is 0 Å². The van der Waals surface area contributed by atoms with Crippen LogP contribution in [0.1, 0.15) is 22.5 Å². The summed E-state index contributed by atoms with van der Waals surface area (Å²) in [6.07, 6.45) is 1.10. The molecule has 112 valence electrons. The molecule has 2 rings (SSSR count). The lowest BCUT2D eigenvalue weighted by Crippen LogP contribution is -2.27. The van der Waals surface area contributed by atoms with E-state index in [0.717, 1.165) is 23.4 Å². The van der Waals surface area contributed by atoms with Crippen molar-refractivity contribution < 1.29 is 4.79 Å². The summed E-state index contributed by atoms with van der Waals surface area (Å²) in [5, 5.41) is 7.94. The monoisotopic (exact) mass is 305 g/mol. The van der Waals surface area contributed by atoms with Gasteiger partial charge in [-0.15, -0.1) is 0 Å². The summed E-state index contributed by atoms with van der Waals surface area (Å²) in [5.74, 6) is -0.0118. The Labute approximate surface area is 130 Å². The first kappa shape index (κ1) is 15.6. The van der Waals surface area contributed by atoms with E-state index in [1.165, 1.54) is 5.56 Å². The van der Waals surface area contributed by atoms with E-state index >= 15 is 0 Å². The van der Waals surface area contributed by atoms with Gasteiger partial charge in [-0.3, -0.25) is 9.48 Å². The van der Waals surface area contributed by atoms with Crippen molar-refractivity contribution in [1.29, 1.82) is 0 Å². The number of amides is 1. The molecule has 0 aliphatic rings. The maximum absolute atomic E-state index is 11.9. The fourth-order valence-corrected chi connectivity index (χ4v) is 2.59. The lowest BCUT2D eigenvalue weighted by Gasteiger charge is -2.07. The number of rotatable bonds is 5. The minimum atomic E-state index is -0.0118. The molecule has 0 unspecified atom stereocenters. The van der Waals surface area contributed by atoms with Crippen LogP contribution in [0.15, 0.2) is 24.3 Å². The number of hydrogen-bond donors (Lipinski definition) is 1. The second-order valence-electron chi connectivity index (χ2n) is 5.14. The van der Waals surface area contributed by atoms with Crippen molar-refractivity contribution in [3.05, 3.63) is 51.8 Å². The van der Waals surface area contributed by atoms with Crippen LogP contribution in [0, 0.1) is 13.8 Å². The zero-order valence-electron chi connectivity index (χ0n) is 12.6. The normalized spacial score (nSPS) is 10.7. The quantitative estimate of drug-likeness (QED) is 0.923. The van der Waals surface area contributed by atoms with Crippen molar-refractivity contribution in [1.82, 2.24) is 15.1 Å². The summed E-state index contributed by atoms with van der Waals surface area (Å²) in [4.78, 5) is 11.9. The van der Waals surface area contributed by atoms with E-state index in [1.54, 1.807) is 6.07 Å². The summed E-state index contributed by atoms with van der Waals surface area (Å²) in [6, 6.07) is 7.42. The highest BCUT2D eigenvalue weighted by Crippen LogP contribution is 2.15. The van der Waals surface area contributed by atoms with Gasteiger partial charge in [-0.25, -0.2) is 0 Å². The lowest BCUT2D eigenvalue weighted by molar-refractivity contribution is -0.120. The van der Waals surface area contributed by atoms with Gasteiger partial charge in [-0.05, 0) is 37.5 Å². The second kappa shape index (κ2) is 6.76. The maximum Gasteiger partial charge on any atom is 0.224 e. The fraction of sp³-hybridized carbons (Fsp3) is 0.375. The van der Waals surface area contributed by atoms with Crippen LogP contribution in [0.3, 0.4) is 0 Å². The Hall–Kier alpha value is -1.81. The Morgan fingerprint density at radius 1 is 1.33 bits per heavy atom. The molecule has 0 spiro atoms. The van der Waals surface area contributed by atoms with Crippen molar-refractivity contribution >= 4 is 17.5 Å². The highest BCUT2D eigenvalue weighted by atomic mass is 35.5. The van der Waals surface area contributed by atoms with Gasteiger partial charge in [0.05, 0.1) is 12.1 Å². The number of aryl methyl sites for hydroxylation is 2. The standard InChI is InChI=1S/C16H20ClN3O/c1-11-14(12(2)20(3)19-11)8-9-18-16(21)10-13-6-4-5-7-15(13)17/h4-7H,8-10H2,1-3H3,(H,18,21). The minimum Gasteiger partial charge on any atom is -0.355 e. The van der Waals surface area contributed by atoms with Crippen LogP contribution < -0.4 is 5.32 Å². The van der Waals surface area contributed by atoms with E-state index in [-0.39, 0.29) is 5.91 Å². The highest BCUT2D eigenvalue weighted by molar-refractivity contribution is 6.31. The van der Waals surface area contributed by atoms with Crippen molar-refractivity contribution in [2.24, 2.45) is 7.05 Å². The zero-order chi connectivity index (χ0) is 15.4. The molecule has 21 heavy (non-hydrogen) atoms. The molecule has 0 atom stereocenters. The van der Waals surface area contributed by atoms with E-state index in [2.05, 4.69) is 10.4 Å². The Bertz CT molecular complexity index is 649. The Morgan fingerprint density at radius 3 is 2.67 bits per heavy atom. The van der Waals surface area contributed by atoms with Crippen LogP contribution in [0.25, 0.3) is 0 Å². The highest BCUT2D eigenvalue weighted by Gasteiger charge is 2.10. The molecule has 0 aliphatic carbocycles. The molecule has 0 saturated carbocycles. The molecule has 1 amide bonds. The summed E-state index contributed by atoms with van der Waals surface area (Å²) < 4.78 is 1.87. The number of carbonyl (C=O) groups excluding carboxylic acids is 1. The van der Waals surface area contributed by atoms with Crippen molar-refractivity contribution in [2.75, 3.05) is 6.54 Å². The van der Waals surface area contributed by atoms with Crippen molar-refractivity contribution in [2.45, 2.75) is 26.7 Å². The third-order valence-electron chi connectivity index (χ3n) is 3.66. The number of nitrogens with zero attached hydrogens (tertiary/aromatic N) is 2. The molecule has 1 heterocycles. The number of nitrogens with one attached hydrogen (secondary N) is 1. The first-order valence-corrected chi connectivity index (χ1v) is 7.36. The third kappa shape index (κ3) is 3.85. The Balaban J connectivity index is 1.86. The second-order valence-corrected chi connectivity index (χ2v) is 5.55. The number of benzene rings is 1. The van der Waals surface area contributed by atoms with Gasteiger partial charge in [-0.2, -0.15) is 5.10 Å². The first-order valence-electron chi connectivity index (χ1n) is 6.98. The van der Waals surface area contributed by atoms with Crippen LogP contribution in [0.5, 0.6) is 0 Å². The number of aromatic nitrogens is 2. The van der Waals surface area contributed by atoms with Crippen molar-refractivity contribution in [3.8, 4) is 0 Å². The molecule has 1 aromatic carbocycles. The lowest BCUT2D eigenvalue weighted by atomic mass is 10.1. The Kier molecular flexibility index (Phi) is 5.02. The summed E-state index contributed by atoms with van der Waals surface area (Å²) in [6.45, 7) is 4.64. The molecule has 1 N–H and O–H groups in total. The molecule has 4 nitrogen and oxygen atoms in total. The van der Waals surface area contributed by atoms with Gasteiger partial charge in [0, 0.05) is 24.3 Å². The zero-order valence-corrected chi connectivity index (χ0v) is 13.4. The van der Waals surface area contributed by atoms with E-state index in [9.17, 15) is 4.79 Å². The molecular formula is C16H20ClN3O. The van der Waals surface area contributed by atoms with Gasteiger partial charge in [0.25, 0.3) is 0 Å². The number of hydrogen-bond acceptors (Lipinski definition) is 2. The van der Waals surface area contributed by atoms with Crippen LogP contribution in [-0.4, -0.2) is 22.2 Å². The first-order chi connectivity index (χ1) is 9.99. The van der Waals surface area contributed by atoms with E-state index < -0.39 is 0 Å². The largest absolute Gasteiger partial charge is 0.355 e. The predicted octanol–water partition coefficient (Wildman–Crippen LogP) is 2.59. The SMILES string of the molecule is Cc1nn(C)c(C)c1CCNC(=O)Cc1ccccc1Cl. The average Bonchev–Trinajstić information content (AvgIpc) is 2.68. The molecule has 0 aliphatic heterocycles. The molecule has 2 aromatic rings. The molecule has 5 heteroatoms. The van der Waals surface area contributed by atoms with E-state index in [1.807, 2.05) is 43.8 Å². The van der Waals surface area contributed by atoms with Crippen LogP contribution in [-0.2, 0) is 24.7 Å². The molecule has 0 saturated heterocycles. The fourth-order valence-electron chi connectivity index (χ4n) is 2.38. The maximum atomic E-state index is 11.9. The smallest absolute Gasteiger partial charge is 0.224 e. The van der Waals surface area contributed by atoms with Gasteiger partial charge in [-0.1, -0.05) is 29.8 Å². The minimum absolute atomic E-state index is 0.0118. The van der Waals surface area contributed by atoms with E-state index in [0.29, 0.717) is 18.0 Å². The number of carbonyl (C=O) groups is 1. The predicted molar refractivity (Wildman–Crippen MR) is 84.6 cm³/mol. The Morgan fingerprint density at radius 2 is 2.05 bits per heavy atom. The molecule has 0 bridgehead atoms. The van der Waals surface area contributed by atoms with Crippen molar-refractivity contribution in [3.63, 3.8) is 0 Å². The molecule has 0 fully saturated rings. The van der Waals surface area contributed by atoms with Gasteiger partial charge in [0.15, 0.2) is 0 Å². The van der Waals surface area contributed by atoms with Crippen LogP contribution >= 0.6 is 11.6 Å². The van der Waals surface area contributed by atoms with Gasteiger partial charge >= 0.3 is 0 Å². The van der Waals surface area contributed by atoms with Gasteiger partial charge in [0.2, 0.25) is 5.91 Å². The summed E-state index contributed by atoms with van der Waals surface area (Å²) in [5.41, 5.74) is 4.23. The number of halogens is 1. The summed E-state index contributed by atoms with van der Waals surface area (Å²) >= 11 is 6.05. The van der Waals surface area contributed by atoms with Crippen LogP contribution in [0.4, 0.5) is 0 Å².